The summed E-state index contributed by atoms with van der Waals surface area (Å²) in [5, 5.41) is 0. The molecule has 110 valence electrons. The second-order valence-electron chi connectivity index (χ2n) is 7.06. The summed E-state index contributed by atoms with van der Waals surface area (Å²) in [6.07, 6.45) is 2.91. The third kappa shape index (κ3) is 1.22. The molecule has 4 aliphatic rings. The number of ether oxygens (including phenoxy) is 1. The van der Waals surface area contributed by atoms with Crippen LogP contribution >= 0.6 is 0 Å². The van der Waals surface area contributed by atoms with Gasteiger partial charge in [-0.2, -0.15) is 0 Å². The van der Waals surface area contributed by atoms with E-state index in [4.69, 9.17) is 4.74 Å². The zero-order chi connectivity index (χ0) is 14.4. The number of ketones is 1. The van der Waals surface area contributed by atoms with E-state index in [1.165, 1.54) is 11.6 Å². The molecule has 2 aliphatic carbocycles. The predicted octanol–water partition coefficient (Wildman–Crippen LogP) is 2.06. The summed E-state index contributed by atoms with van der Waals surface area (Å²) in [6, 6.07) is 3.87. The number of nitrogens with zero attached hydrogens (tertiary/aromatic N) is 1. The van der Waals surface area contributed by atoms with E-state index in [1.807, 2.05) is 6.07 Å². The number of likely N-dealkylation sites (tertiary alicyclic amines) is 1. The van der Waals surface area contributed by atoms with Gasteiger partial charge in [-0.25, -0.2) is 4.39 Å². The van der Waals surface area contributed by atoms with Crippen molar-refractivity contribution in [2.24, 2.45) is 5.92 Å². The molecule has 4 unspecified atom stereocenters. The fourth-order valence-corrected chi connectivity index (χ4v) is 5.50. The van der Waals surface area contributed by atoms with Gasteiger partial charge in [-0.3, -0.25) is 4.79 Å². The lowest BCUT2D eigenvalue weighted by atomic mass is 9.52. The summed E-state index contributed by atoms with van der Waals surface area (Å²) in [5.41, 5.74) is 1.98. The second-order valence-corrected chi connectivity index (χ2v) is 7.06. The maximum absolute atomic E-state index is 14.2. The lowest BCUT2D eigenvalue weighted by Crippen LogP contribution is -2.65. The molecule has 0 radical (unpaired) electrons. The molecule has 2 heterocycles. The highest BCUT2D eigenvalue weighted by molar-refractivity contribution is 5.88. The standard InChI is InChI=1S/C17H18FNO2/c1-19-7-6-17-10-3-5-13(20)16(17)21-15-11(18)4-2-9(14(15)17)8-12(10)19/h2,4,10,12,16H,3,5-8H2,1H3. The Labute approximate surface area is 123 Å². The van der Waals surface area contributed by atoms with Crippen LogP contribution in [0.25, 0.3) is 0 Å². The van der Waals surface area contributed by atoms with Crippen LogP contribution in [0.4, 0.5) is 4.39 Å². The SMILES string of the molecule is CN1CCC23c4c5ccc(F)c4OC2C(=O)CCC3C1C5. The maximum atomic E-state index is 14.2. The highest BCUT2D eigenvalue weighted by atomic mass is 19.1. The predicted molar refractivity (Wildman–Crippen MR) is 75.0 cm³/mol. The Morgan fingerprint density at radius 3 is 3.14 bits per heavy atom. The van der Waals surface area contributed by atoms with Crippen molar-refractivity contribution >= 4 is 5.78 Å². The van der Waals surface area contributed by atoms with Gasteiger partial charge < -0.3 is 9.64 Å². The van der Waals surface area contributed by atoms with Crippen molar-refractivity contribution in [1.29, 1.82) is 0 Å². The first-order valence-corrected chi connectivity index (χ1v) is 7.84. The van der Waals surface area contributed by atoms with Crippen molar-refractivity contribution in [3.05, 3.63) is 29.1 Å². The smallest absolute Gasteiger partial charge is 0.174 e. The number of Topliss-reactive ketones (excluding diaryl/α,β-unsaturated/α-hetero) is 1. The van der Waals surface area contributed by atoms with Crippen LogP contribution in [0, 0.1) is 11.7 Å². The largest absolute Gasteiger partial charge is 0.478 e. The minimum atomic E-state index is -0.446. The quantitative estimate of drug-likeness (QED) is 0.731. The number of hydrogen-bond donors (Lipinski definition) is 0. The molecule has 1 spiro atoms. The second kappa shape index (κ2) is 3.67. The van der Waals surface area contributed by atoms with Crippen LogP contribution in [-0.2, 0) is 16.6 Å². The number of carbonyl (C=O) groups excluding carboxylic acids is 1. The van der Waals surface area contributed by atoms with Crippen LogP contribution in [0.15, 0.2) is 12.1 Å². The van der Waals surface area contributed by atoms with Crippen molar-refractivity contribution in [2.45, 2.75) is 43.2 Å². The molecule has 3 nitrogen and oxygen atoms in total. The first-order chi connectivity index (χ1) is 10.1. The maximum Gasteiger partial charge on any atom is 0.174 e. The number of benzene rings is 1. The number of rotatable bonds is 0. The van der Waals surface area contributed by atoms with Crippen molar-refractivity contribution in [1.82, 2.24) is 4.90 Å². The Balaban J connectivity index is 1.83. The summed E-state index contributed by atoms with van der Waals surface area (Å²) in [6.45, 7) is 0.962. The zero-order valence-corrected chi connectivity index (χ0v) is 12.1. The third-order valence-electron chi connectivity index (χ3n) is 6.36. The fraction of sp³-hybridized carbons (Fsp3) is 0.588. The molecule has 5 rings (SSSR count). The van der Waals surface area contributed by atoms with Gasteiger partial charge in [0.05, 0.1) is 0 Å². The average Bonchev–Trinajstić information content (AvgIpc) is 2.83. The van der Waals surface area contributed by atoms with Gasteiger partial charge in [0.25, 0.3) is 0 Å². The minimum Gasteiger partial charge on any atom is -0.478 e. The van der Waals surface area contributed by atoms with E-state index in [-0.39, 0.29) is 17.0 Å². The van der Waals surface area contributed by atoms with E-state index in [1.54, 1.807) is 0 Å². The number of carbonyl (C=O) groups is 1. The molecule has 2 bridgehead atoms. The minimum absolute atomic E-state index is 0.165. The van der Waals surface area contributed by atoms with Crippen LogP contribution in [0.2, 0.25) is 0 Å². The molecular formula is C17H18FNO2. The number of hydrogen-bond acceptors (Lipinski definition) is 3. The Morgan fingerprint density at radius 1 is 1.43 bits per heavy atom. The van der Waals surface area contributed by atoms with Gasteiger partial charge in [0, 0.05) is 23.4 Å². The van der Waals surface area contributed by atoms with Gasteiger partial charge in [0.2, 0.25) is 0 Å². The van der Waals surface area contributed by atoms with Crippen molar-refractivity contribution < 1.29 is 13.9 Å². The van der Waals surface area contributed by atoms with Gasteiger partial charge in [-0.05, 0) is 50.4 Å². The molecule has 1 saturated heterocycles. The molecule has 1 aromatic rings. The summed E-state index contributed by atoms with van der Waals surface area (Å²) in [5.74, 6) is 0.662. The first kappa shape index (κ1) is 12.2. The monoisotopic (exact) mass is 287 g/mol. The molecule has 4 heteroatoms. The van der Waals surface area contributed by atoms with E-state index in [9.17, 15) is 9.18 Å². The summed E-state index contributed by atoms with van der Waals surface area (Å²) in [4.78, 5) is 14.9. The first-order valence-electron chi connectivity index (χ1n) is 7.84. The van der Waals surface area contributed by atoms with Gasteiger partial charge >= 0.3 is 0 Å². The number of piperidine rings is 1. The Bertz CT molecular complexity index is 673. The molecule has 0 amide bonds. The van der Waals surface area contributed by atoms with Crippen molar-refractivity contribution in [3.63, 3.8) is 0 Å². The molecule has 2 fully saturated rings. The van der Waals surface area contributed by atoms with E-state index < -0.39 is 6.10 Å². The Kier molecular flexibility index (Phi) is 2.12. The molecular weight excluding hydrogens is 269 g/mol. The Hall–Kier alpha value is -1.42. The average molecular weight is 287 g/mol. The van der Waals surface area contributed by atoms with E-state index in [2.05, 4.69) is 11.9 Å². The highest BCUT2D eigenvalue weighted by Gasteiger charge is 2.65. The molecule has 0 aromatic heterocycles. The molecule has 4 atom stereocenters. The lowest BCUT2D eigenvalue weighted by molar-refractivity contribution is -0.138. The normalized spacial score (nSPS) is 39.9. The number of halogens is 1. The van der Waals surface area contributed by atoms with Crippen LogP contribution < -0.4 is 4.74 Å². The molecule has 1 saturated carbocycles. The topological polar surface area (TPSA) is 29.5 Å². The van der Waals surface area contributed by atoms with Crippen LogP contribution in [0.3, 0.4) is 0 Å². The molecule has 21 heavy (non-hydrogen) atoms. The van der Waals surface area contributed by atoms with Gasteiger partial charge in [-0.15, -0.1) is 0 Å². The highest BCUT2D eigenvalue weighted by Crippen LogP contribution is 2.61. The van der Waals surface area contributed by atoms with E-state index in [0.29, 0.717) is 24.1 Å². The van der Waals surface area contributed by atoms with E-state index >= 15 is 0 Å². The number of likely N-dealkylation sites (N-methyl/N-ethyl adjacent to an activating group) is 1. The van der Waals surface area contributed by atoms with Crippen LogP contribution in [0.1, 0.15) is 30.4 Å². The van der Waals surface area contributed by atoms with Crippen molar-refractivity contribution in [3.8, 4) is 5.75 Å². The van der Waals surface area contributed by atoms with Gasteiger partial charge in [0.15, 0.2) is 23.5 Å². The van der Waals surface area contributed by atoms with Gasteiger partial charge in [0.1, 0.15) is 0 Å². The zero-order valence-electron chi connectivity index (χ0n) is 12.1. The molecule has 1 aromatic carbocycles. The Morgan fingerprint density at radius 2 is 2.29 bits per heavy atom. The third-order valence-corrected chi connectivity index (χ3v) is 6.36. The van der Waals surface area contributed by atoms with Crippen LogP contribution in [-0.4, -0.2) is 36.4 Å². The molecule has 0 N–H and O–H groups in total. The lowest BCUT2D eigenvalue weighted by Gasteiger charge is -2.57. The van der Waals surface area contributed by atoms with Crippen LogP contribution in [0.5, 0.6) is 5.75 Å². The van der Waals surface area contributed by atoms with Crippen molar-refractivity contribution in [2.75, 3.05) is 13.6 Å². The fourth-order valence-electron chi connectivity index (χ4n) is 5.50. The summed E-state index contributed by atoms with van der Waals surface area (Å²) in [7, 11) is 2.17. The van der Waals surface area contributed by atoms with Gasteiger partial charge in [-0.1, -0.05) is 6.07 Å². The molecule has 2 aliphatic heterocycles. The summed E-state index contributed by atoms with van der Waals surface area (Å²) >= 11 is 0. The van der Waals surface area contributed by atoms with E-state index in [0.717, 1.165) is 31.4 Å². The summed E-state index contributed by atoms with van der Waals surface area (Å²) < 4.78 is 20.2.